The lowest BCUT2D eigenvalue weighted by atomic mass is 10.1. The summed E-state index contributed by atoms with van der Waals surface area (Å²) in [6.07, 6.45) is 0.649. The van der Waals surface area contributed by atoms with E-state index in [1.165, 1.54) is 5.56 Å². The van der Waals surface area contributed by atoms with Crippen LogP contribution in [0.1, 0.15) is 32.9 Å². The van der Waals surface area contributed by atoms with E-state index in [-0.39, 0.29) is 17.4 Å². The van der Waals surface area contributed by atoms with Gasteiger partial charge in [0.15, 0.2) is 15.7 Å². The highest BCUT2D eigenvalue weighted by atomic mass is 79.9. The number of amides is 1. The van der Waals surface area contributed by atoms with Crippen molar-refractivity contribution in [2.45, 2.75) is 19.9 Å². The molecule has 196 valence electrons. The van der Waals surface area contributed by atoms with Gasteiger partial charge in [-0.3, -0.25) is 14.8 Å². The largest absolute Gasteiger partial charge is 0.322 e. The van der Waals surface area contributed by atoms with Gasteiger partial charge in [0.2, 0.25) is 0 Å². The number of carbonyl (C=O) groups is 1. The second-order valence-corrected chi connectivity index (χ2v) is 12.7. The van der Waals surface area contributed by atoms with E-state index in [1.807, 2.05) is 42.5 Å². The quantitative estimate of drug-likeness (QED) is 0.324. The first-order chi connectivity index (χ1) is 18.2. The van der Waals surface area contributed by atoms with Crippen LogP contribution in [-0.4, -0.2) is 59.0 Å². The van der Waals surface area contributed by atoms with Crippen LogP contribution in [0.3, 0.4) is 0 Å². The number of nitrogens with zero attached hydrogens (tertiary/aromatic N) is 3. The summed E-state index contributed by atoms with van der Waals surface area (Å²) < 4.78 is 24.4. The van der Waals surface area contributed by atoms with Crippen molar-refractivity contribution in [3.63, 3.8) is 0 Å². The molecular weight excluding hydrogens is 566 g/mol. The number of anilines is 1. The molecule has 1 amide bonds. The highest BCUT2D eigenvalue weighted by Crippen LogP contribution is 2.22. The summed E-state index contributed by atoms with van der Waals surface area (Å²) in [5.41, 5.74) is 5.37. The van der Waals surface area contributed by atoms with Gasteiger partial charge in [-0.15, -0.1) is 0 Å². The number of nitrogens with one attached hydrogen (secondary N) is 2. The van der Waals surface area contributed by atoms with Gasteiger partial charge in [0.25, 0.3) is 5.91 Å². The number of benzene rings is 3. The highest BCUT2D eigenvalue weighted by Gasteiger charge is 2.21. The molecule has 1 aromatic heterocycles. The zero-order valence-electron chi connectivity index (χ0n) is 20.9. The maximum Gasteiger partial charge on any atom is 0.255 e. The van der Waals surface area contributed by atoms with Crippen molar-refractivity contribution in [3.8, 4) is 11.4 Å². The first-order valence-electron chi connectivity index (χ1n) is 12.3. The molecule has 4 aromatic rings. The number of hydrogen-bond donors (Lipinski definition) is 2. The van der Waals surface area contributed by atoms with E-state index in [0.717, 1.165) is 27.0 Å². The fraction of sp³-hybridized carbons (Fsp3) is 0.250. The van der Waals surface area contributed by atoms with E-state index >= 15 is 0 Å². The van der Waals surface area contributed by atoms with Crippen LogP contribution in [0.2, 0.25) is 0 Å². The minimum atomic E-state index is -2.92. The smallest absolute Gasteiger partial charge is 0.255 e. The molecule has 2 heterocycles. The molecule has 8 nitrogen and oxygen atoms in total. The summed E-state index contributed by atoms with van der Waals surface area (Å²) in [5, 5.41) is 10.3. The molecule has 38 heavy (non-hydrogen) atoms. The SMILES string of the molecule is Cc1ccc(Cc2nc(-c3ccc(NC(=O)c4cccc(CN5CCS(=O)(=O)CC5)c4)cc3)n[nH]2)cc1Br. The van der Waals surface area contributed by atoms with Gasteiger partial charge >= 0.3 is 0 Å². The Morgan fingerprint density at radius 3 is 2.53 bits per heavy atom. The second kappa shape index (κ2) is 11.2. The fourth-order valence-corrected chi connectivity index (χ4v) is 6.03. The van der Waals surface area contributed by atoms with Crippen molar-refractivity contribution in [1.29, 1.82) is 0 Å². The van der Waals surface area contributed by atoms with Crippen LogP contribution >= 0.6 is 15.9 Å². The van der Waals surface area contributed by atoms with Gasteiger partial charge in [0, 0.05) is 47.3 Å². The summed E-state index contributed by atoms with van der Waals surface area (Å²) >= 11 is 3.57. The third kappa shape index (κ3) is 6.56. The molecule has 0 bridgehead atoms. The highest BCUT2D eigenvalue weighted by molar-refractivity contribution is 9.10. The van der Waals surface area contributed by atoms with Crippen LogP contribution in [-0.2, 0) is 22.8 Å². The third-order valence-corrected chi connectivity index (χ3v) is 9.04. The van der Waals surface area contributed by atoms with Crippen LogP contribution in [0.15, 0.2) is 71.2 Å². The number of aromatic amines is 1. The van der Waals surface area contributed by atoms with E-state index in [4.69, 9.17) is 0 Å². The van der Waals surface area contributed by atoms with Crippen molar-refractivity contribution >= 4 is 37.4 Å². The Labute approximate surface area is 230 Å². The van der Waals surface area contributed by atoms with E-state index in [0.29, 0.717) is 43.1 Å². The molecule has 0 radical (unpaired) electrons. The Balaban J connectivity index is 1.19. The molecule has 3 aromatic carbocycles. The number of sulfone groups is 1. The fourth-order valence-electron chi connectivity index (χ4n) is 4.33. The summed E-state index contributed by atoms with van der Waals surface area (Å²) in [6.45, 7) is 3.70. The summed E-state index contributed by atoms with van der Waals surface area (Å²) in [5.74, 6) is 1.54. The van der Waals surface area contributed by atoms with Crippen LogP contribution in [0.25, 0.3) is 11.4 Å². The van der Waals surface area contributed by atoms with Crippen molar-refractivity contribution < 1.29 is 13.2 Å². The molecule has 0 aliphatic carbocycles. The topological polar surface area (TPSA) is 108 Å². The third-order valence-electron chi connectivity index (χ3n) is 6.57. The van der Waals surface area contributed by atoms with E-state index in [1.54, 1.807) is 6.07 Å². The predicted octanol–water partition coefficient (Wildman–Crippen LogP) is 4.62. The Kier molecular flexibility index (Phi) is 7.73. The van der Waals surface area contributed by atoms with Crippen LogP contribution in [0.5, 0.6) is 0 Å². The molecule has 1 saturated heterocycles. The van der Waals surface area contributed by atoms with Crippen molar-refractivity contribution in [2.75, 3.05) is 29.9 Å². The molecule has 2 N–H and O–H groups in total. The second-order valence-electron chi connectivity index (χ2n) is 9.53. The Morgan fingerprint density at radius 1 is 1.03 bits per heavy atom. The Bertz CT molecular complexity index is 1550. The van der Waals surface area contributed by atoms with Crippen molar-refractivity contribution in [2.24, 2.45) is 0 Å². The minimum absolute atomic E-state index is 0.184. The van der Waals surface area contributed by atoms with Gasteiger partial charge in [-0.1, -0.05) is 40.2 Å². The number of H-pyrrole nitrogens is 1. The molecule has 1 aliphatic rings. The van der Waals surface area contributed by atoms with Gasteiger partial charge in [-0.05, 0) is 66.1 Å². The molecule has 0 unspecified atom stereocenters. The molecule has 0 spiro atoms. The number of rotatable bonds is 7. The van der Waals surface area contributed by atoms with Gasteiger partial charge < -0.3 is 5.32 Å². The number of hydrogen-bond acceptors (Lipinski definition) is 6. The van der Waals surface area contributed by atoms with Gasteiger partial charge in [0.1, 0.15) is 5.82 Å². The summed E-state index contributed by atoms with van der Waals surface area (Å²) in [6, 6.07) is 21.1. The summed E-state index contributed by atoms with van der Waals surface area (Å²) in [7, 11) is -2.92. The van der Waals surface area contributed by atoms with Crippen LogP contribution in [0, 0.1) is 6.92 Å². The molecular formula is C28H28BrN5O3S. The molecule has 10 heteroatoms. The minimum Gasteiger partial charge on any atom is -0.322 e. The first kappa shape index (κ1) is 26.3. The zero-order chi connectivity index (χ0) is 26.7. The maximum atomic E-state index is 12.9. The van der Waals surface area contributed by atoms with Crippen LogP contribution in [0.4, 0.5) is 5.69 Å². The summed E-state index contributed by atoms with van der Waals surface area (Å²) in [4.78, 5) is 19.6. The maximum absolute atomic E-state index is 12.9. The monoisotopic (exact) mass is 593 g/mol. The van der Waals surface area contributed by atoms with E-state index in [2.05, 4.69) is 66.5 Å². The van der Waals surface area contributed by atoms with Gasteiger partial charge in [-0.25, -0.2) is 13.4 Å². The number of halogens is 1. The normalized spacial score (nSPS) is 15.3. The number of aromatic nitrogens is 3. The molecule has 0 saturated carbocycles. The lowest BCUT2D eigenvalue weighted by Crippen LogP contribution is -2.39. The Hall–Kier alpha value is -3.34. The standard InChI is InChI=1S/C28H28BrN5O3S/c1-19-5-6-20(16-25(19)29)17-26-31-27(33-32-26)22-7-9-24(10-8-22)30-28(35)23-4-2-3-21(15-23)18-34-11-13-38(36,37)14-12-34/h2-10,15-16H,11-14,17-18H2,1H3,(H,30,35)(H,31,32,33). The van der Waals surface area contributed by atoms with Gasteiger partial charge in [0.05, 0.1) is 11.5 Å². The average Bonchev–Trinajstić information content (AvgIpc) is 3.36. The van der Waals surface area contributed by atoms with Crippen molar-refractivity contribution in [1.82, 2.24) is 20.1 Å². The molecule has 1 fully saturated rings. The lowest BCUT2D eigenvalue weighted by molar-refractivity contribution is 0.102. The lowest BCUT2D eigenvalue weighted by Gasteiger charge is -2.26. The Morgan fingerprint density at radius 2 is 1.79 bits per heavy atom. The molecule has 1 aliphatic heterocycles. The van der Waals surface area contributed by atoms with Crippen LogP contribution < -0.4 is 5.32 Å². The van der Waals surface area contributed by atoms with E-state index in [9.17, 15) is 13.2 Å². The van der Waals surface area contributed by atoms with Gasteiger partial charge in [-0.2, -0.15) is 5.10 Å². The molecule has 0 atom stereocenters. The zero-order valence-corrected chi connectivity index (χ0v) is 23.3. The predicted molar refractivity (Wildman–Crippen MR) is 152 cm³/mol. The average molecular weight is 595 g/mol. The van der Waals surface area contributed by atoms with Crippen molar-refractivity contribution in [3.05, 3.63) is 99.3 Å². The number of aryl methyl sites for hydroxylation is 1. The molecule has 5 rings (SSSR count). The first-order valence-corrected chi connectivity index (χ1v) is 15.0. The van der Waals surface area contributed by atoms with E-state index < -0.39 is 9.84 Å². The number of carbonyl (C=O) groups excluding carboxylic acids is 1.